The molecule has 0 spiro atoms. The Kier molecular flexibility index (Phi) is 6.72. The van der Waals surface area contributed by atoms with E-state index in [1.165, 1.54) is 24.6 Å². The minimum Gasteiger partial charge on any atom is -0.406 e. The van der Waals surface area contributed by atoms with Crippen molar-refractivity contribution in [2.24, 2.45) is 0 Å². The molecular formula is C23H24F3N5O. The van der Waals surface area contributed by atoms with Crippen molar-refractivity contribution >= 4 is 11.8 Å². The molecule has 0 saturated heterocycles. The molecule has 1 saturated carbocycles. The average molecular weight is 443 g/mol. The van der Waals surface area contributed by atoms with Crippen LogP contribution in [0.2, 0.25) is 0 Å². The van der Waals surface area contributed by atoms with E-state index in [2.05, 4.69) is 30.3 Å². The van der Waals surface area contributed by atoms with Gasteiger partial charge >= 0.3 is 6.36 Å². The van der Waals surface area contributed by atoms with Crippen LogP contribution >= 0.6 is 0 Å². The predicted molar refractivity (Wildman–Crippen MR) is 116 cm³/mol. The highest BCUT2D eigenvalue weighted by atomic mass is 19.4. The average Bonchev–Trinajstić information content (AvgIpc) is 2.78. The number of hydrogen-bond acceptors (Lipinski definition) is 6. The summed E-state index contributed by atoms with van der Waals surface area (Å²) >= 11 is 0. The van der Waals surface area contributed by atoms with Crippen LogP contribution in [0.25, 0.3) is 11.3 Å². The third-order valence-electron chi connectivity index (χ3n) is 5.22. The number of nitrogens with zero attached hydrogens (tertiary/aromatic N) is 3. The summed E-state index contributed by atoms with van der Waals surface area (Å²) < 4.78 is 42.0. The molecule has 0 bridgehead atoms. The lowest BCUT2D eigenvalue weighted by molar-refractivity contribution is -0.274. The number of alkyl halides is 3. The molecule has 6 nitrogen and oxygen atoms in total. The molecule has 9 heteroatoms. The van der Waals surface area contributed by atoms with Crippen LogP contribution in [0, 0.1) is 0 Å². The number of benzene rings is 1. The highest BCUT2D eigenvalue weighted by Gasteiger charge is 2.31. The highest BCUT2D eigenvalue weighted by molar-refractivity contribution is 5.66. The van der Waals surface area contributed by atoms with E-state index in [-0.39, 0.29) is 11.8 Å². The predicted octanol–water partition coefficient (Wildman–Crippen LogP) is 5.79. The number of anilines is 2. The SMILES string of the molecule is FC(F)(F)Oc1cccc(-c2cc(NCc3cccnc3)nc(NC3CCCCC3)n2)c1. The molecule has 3 aromatic rings. The summed E-state index contributed by atoms with van der Waals surface area (Å²) in [6, 6.07) is 11.6. The molecule has 1 aromatic carbocycles. The second-order valence-corrected chi connectivity index (χ2v) is 7.73. The van der Waals surface area contributed by atoms with Gasteiger partial charge in [0.1, 0.15) is 11.6 Å². The number of hydrogen-bond donors (Lipinski definition) is 2. The molecule has 0 aliphatic heterocycles. The minimum atomic E-state index is -4.76. The third kappa shape index (κ3) is 6.32. The number of pyridine rings is 1. The van der Waals surface area contributed by atoms with Gasteiger partial charge in [-0.2, -0.15) is 4.98 Å². The molecule has 168 valence electrons. The number of aromatic nitrogens is 3. The van der Waals surface area contributed by atoms with E-state index in [9.17, 15) is 13.2 Å². The van der Waals surface area contributed by atoms with Gasteiger partial charge in [0.25, 0.3) is 0 Å². The summed E-state index contributed by atoms with van der Waals surface area (Å²) in [7, 11) is 0. The Morgan fingerprint density at radius 1 is 1.00 bits per heavy atom. The number of ether oxygens (including phenoxy) is 1. The van der Waals surface area contributed by atoms with Crippen LogP contribution in [0.15, 0.2) is 54.9 Å². The van der Waals surface area contributed by atoms with Gasteiger partial charge in [-0.05, 0) is 36.6 Å². The lowest BCUT2D eigenvalue weighted by Gasteiger charge is -2.23. The van der Waals surface area contributed by atoms with E-state index in [4.69, 9.17) is 0 Å². The van der Waals surface area contributed by atoms with Gasteiger partial charge in [0.2, 0.25) is 5.95 Å². The van der Waals surface area contributed by atoms with Crippen LogP contribution in [-0.2, 0) is 6.54 Å². The molecule has 0 radical (unpaired) electrons. The van der Waals surface area contributed by atoms with Crippen molar-refractivity contribution in [2.75, 3.05) is 10.6 Å². The largest absolute Gasteiger partial charge is 0.573 e. The van der Waals surface area contributed by atoms with Crippen molar-refractivity contribution in [1.82, 2.24) is 15.0 Å². The topological polar surface area (TPSA) is 72.0 Å². The van der Waals surface area contributed by atoms with Crippen LogP contribution in [0.5, 0.6) is 5.75 Å². The number of rotatable bonds is 7. The normalized spacial score (nSPS) is 14.7. The summed E-state index contributed by atoms with van der Waals surface area (Å²) in [6.45, 7) is 0.504. The zero-order valence-corrected chi connectivity index (χ0v) is 17.4. The summed E-state index contributed by atoms with van der Waals surface area (Å²) in [5, 5.41) is 6.66. The maximum absolute atomic E-state index is 12.7. The third-order valence-corrected chi connectivity index (χ3v) is 5.22. The standard InChI is InChI=1S/C23H24F3N5O/c24-23(25,26)32-19-10-4-7-17(12-19)20-13-21(28-15-16-6-5-11-27-14-16)31-22(30-20)29-18-8-2-1-3-9-18/h4-7,10-14,18H,1-3,8-9,15H2,(H2,28,29,30,31). The zero-order valence-electron chi connectivity index (χ0n) is 17.4. The quantitative estimate of drug-likeness (QED) is 0.481. The Balaban J connectivity index is 1.61. The first kappa shape index (κ1) is 21.9. The van der Waals surface area contributed by atoms with Crippen molar-refractivity contribution in [3.05, 3.63) is 60.4 Å². The Morgan fingerprint density at radius 3 is 2.59 bits per heavy atom. The van der Waals surface area contributed by atoms with Crippen LogP contribution < -0.4 is 15.4 Å². The summed E-state index contributed by atoms with van der Waals surface area (Å²) in [6.07, 6.45) is 4.32. The minimum absolute atomic E-state index is 0.282. The molecule has 2 N–H and O–H groups in total. The molecule has 1 aliphatic rings. The maximum Gasteiger partial charge on any atom is 0.573 e. The van der Waals surface area contributed by atoms with Gasteiger partial charge in [-0.3, -0.25) is 4.98 Å². The molecule has 2 aromatic heterocycles. The van der Waals surface area contributed by atoms with Gasteiger partial charge in [-0.25, -0.2) is 4.98 Å². The second kappa shape index (κ2) is 9.84. The van der Waals surface area contributed by atoms with E-state index in [1.807, 2.05) is 12.1 Å². The Bertz CT molecular complexity index is 1020. The Hall–Kier alpha value is -3.36. The van der Waals surface area contributed by atoms with Crippen LogP contribution in [0.3, 0.4) is 0 Å². The molecule has 4 rings (SSSR count). The second-order valence-electron chi connectivity index (χ2n) is 7.73. The molecule has 1 aliphatic carbocycles. The first-order chi connectivity index (χ1) is 15.4. The van der Waals surface area contributed by atoms with Crippen molar-refractivity contribution < 1.29 is 17.9 Å². The zero-order chi connectivity index (χ0) is 22.4. The van der Waals surface area contributed by atoms with E-state index in [0.717, 1.165) is 31.2 Å². The lowest BCUT2D eigenvalue weighted by Crippen LogP contribution is -2.23. The fraction of sp³-hybridized carbons (Fsp3) is 0.348. The van der Waals surface area contributed by atoms with Crippen molar-refractivity contribution in [3.63, 3.8) is 0 Å². The lowest BCUT2D eigenvalue weighted by atomic mass is 9.96. The molecule has 0 unspecified atom stereocenters. The van der Waals surface area contributed by atoms with Crippen LogP contribution in [0.1, 0.15) is 37.7 Å². The summed E-state index contributed by atoms with van der Waals surface area (Å²) in [5.41, 5.74) is 1.99. The highest BCUT2D eigenvalue weighted by Crippen LogP contribution is 2.29. The van der Waals surface area contributed by atoms with Gasteiger partial charge in [-0.15, -0.1) is 13.2 Å². The van der Waals surface area contributed by atoms with Gasteiger partial charge in [0.05, 0.1) is 5.69 Å². The molecule has 2 heterocycles. The van der Waals surface area contributed by atoms with Gasteiger partial charge in [0.15, 0.2) is 0 Å². The summed E-state index contributed by atoms with van der Waals surface area (Å²) in [4.78, 5) is 13.3. The summed E-state index contributed by atoms with van der Waals surface area (Å²) in [5.74, 6) is 0.727. The maximum atomic E-state index is 12.7. The fourth-order valence-corrected chi connectivity index (χ4v) is 3.73. The molecule has 32 heavy (non-hydrogen) atoms. The van der Waals surface area contributed by atoms with Gasteiger partial charge < -0.3 is 15.4 Å². The van der Waals surface area contributed by atoms with Crippen molar-refractivity contribution in [3.8, 4) is 17.0 Å². The smallest absolute Gasteiger partial charge is 0.406 e. The first-order valence-electron chi connectivity index (χ1n) is 10.6. The van der Waals surface area contributed by atoms with E-state index in [1.54, 1.807) is 24.5 Å². The van der Waals surface area contributed by atoms with Crippen LogP contribution in [0.4, 0.5) is 24.9 Å². The Morgan fingerprint density at radius 2 is 1.84 bits per heavy atom. The Labute approximate surface area is 184 Å². The molecular weight excluding hydrogens is 419 g/mol. The van der Waals surface area contributed by atoms with E-state index < -0.39 is 6.36 Å². The monoisotopic (exact) mass is 443 g/mol. The van der Waals surface area contributed by atoms with Crippen LogP contribution in [-0.4, -0.2) is 27.4 Å². The van der Waals surface area contributed by atoms with E-state index in [0.29, 0.717) is 29.6 Å². The van der Waals surface area contributed by atoms with Gasteiger partial charge in [0, 0.05) is 36.6 Å². The molecule has 0 amide bonds. The van der Waals surface area contributed by atoms with Gasteiger partial charge in [-0.1, -0.05) is 37.5 Å². The molecule has 1 fully saturated rings. The first-order valence-corrected chi connectivity index (χ1v) is 10.6. The van der Waals surface area contributed by atoms with Crippen molar-refractivity contribution in [1.29, 1.82) is 0 Å². The fourth-order valence-electron chi connectivity index (χ4n) is 3.73. The number of halogens is 3. The van der Waals surface area contributed by atoms with E-state index >= 15 is 0 Å². The molecule has 0 atom stereocenters. The number of nitrogens with one attached hydrogen (secondary N) is 2. The van der Waals surface area contributed by atoms with Crippen molar-refractivity contribution in [2.45, 2.75) is 51.1 Å².